The second kappa shape index (κ2) is 9.92. The Labute approximate surface area is 212 Å². The number of rotatable bonds is 6. The number of hydrogen-bond donors (Lipinski definition) is 3. The van der Waals surface area contributed by atoms with Crippen LogP contribution in [0.15, 0.2) is 43.0 Å². The van der Waals surface area contributed by atoms with Crippen LogP contribution in [-0.2, 0) is 17.5 Å². The van der Waals surface area contributed by atoms with Crippen LogP contribution in [0.25, 0.3) is 16.9 Å². The molecule has 38 heavy (non-hydrogen) atoms. The second-order valence-corrected chi connectivity index (χ2v) is 8.35. The number of phenolic OH excluding ortho intramolecular Hbond substituents is 1. The van der Waals surface area contributed by atoms with E-state index in [0.29, 0.717) is 26.3 Å². The molecule has 1 fully saturated rings. The maximum Gasteiger partial charge on any atom is 0.435 e. The summed E-state index contributed by atoms with van der Waals surface area (Å²) in [6.45, 7) is 1.05. The number of carbonyl (C=O) groups excluding carboxylic acids is 1. The Morgan fingerprint density at radius 2 is 1.95 bits per heavy atom. The van der Waals surface area contributed by atoms with E-state index in [1.54, 1.807) is 4.90 Å². The molecule has 0 aliphatic carbocycles. The number of imidazole rings is 1. The van der Waals surface area contributed by atoms with Gasteiger partial charge in [0.05, 0.1) is 42.8 Å². The molecule has 3 aromatic heterocycles. The highest BCUT2D eigenvalue weighted by molar-refractivity contribution is 5.97. The number of aromatic hydroxyl groups is 1. The fourth-order valence-electron chi connectivity index (χ4n) is 4.05. The lowest BCUT2D eigenvalue weighted by Gasteiger charge is -2.27. The molecule has 200 valence electrons. The summed E-state index contributed by atoms with van der Waals surface area (Å²) in [5.74, 6) is -0.627. The van der Waals surface area contributed by atoms with Gasteiger partial charge < -0.3 is 29.7 Å². The molecule has 1 aliphatic heterocycles. The molecule has 4 aromatic rings. The Morgan fingerprint density at radius 3 is 2.63 bits per heavy atom. The number of amides is 1. The van der Waals surface area contributed by atoms with Crippen LogP contribution in [0.1, 0.15) is 16.1 Å². The van der Waals surface area contributed by atoms with Gasteiger partial charge in [0.25, 0.3) is 11.8 Å². The molecule has 0 spiro atoms. The maximum absolute atomic E-state index is 13.7. The van der Waals surface area contributed by atoms with Crippen molar-refractivity contribution in [2.24, 2.45) is 0 Å². The van der Waals surface area contributed by atoms with Crippen molar-refractivity contribution in [3.63, 3.8) is 0 Å². The number of aliphatic hydroxyl groups is 2. The quantitative estimate of drug-likeness (QED) is 0.316. The zero-order chi connectivity index (χ0) is 27.0. The number of nitrogens with zero attached hydrogens (tertiary/aromatic N) is 6. The molecule has 12 nitrogen and oxygen atoms in total. The lowest BCUT2D eigenvalue weighted by atomic mass is 10.1. The molecule has 1 amide bonds. The van der Waals surface area contributed by atoms with Gasteiger partial charge in [-0.1, -0.05) is 0 Å². The van der Waals surface area contributed by atoms with Crippen LogP contribution in [0.5, 0.6) is 17.4 Å². The third-order valence-corrected chi connectivity index (χ3v) is 5.76. The summed E-state index contributed by atoms with van der Waals surface area (Å²) in [5.41, 5.74) is -1.42. The Kier molecular flexibility index (Phi) is 6.64. The van der Waals surface area contributed by atoms with E-state index in [4.69, 9.17) is 19.7 Å². The fraction of sp³-hybridized carbons (Fsp3) is 0.304. The van der Waals surface area contributed by atoms with Gasteiger partial charge in [-0.15, -0.1) is 0 Å². The zero-order valence-electron chi connectivity index (χ0n) is 19.5. The van der Waals surface area contributed by atoms with E-state index in [-0.39, 0.29) is 45.8 Å². The molecular formula is C23H21F3N6O6. The fourth-order valence-corrected chi connectivity index (χ4v) is 4.05. The van der Waals surface area contributed by atoms with E-state index in [0.717, 1.165) is 10.9 Å². The first-order chi connectivity index (χ1) is 18.1. The third-order valence-electron chi connectivity index (χ3n) is 5.76. The van der Waals surface area contributed by atoms with Crippen LogP contribution in [0.2, 0.25) is 0 Å². The molecule has 15 heteroatoms. The molecule has 0 atom stereocenters. The van der Waals surface area contributed by atoms with Crippen molar-refractivity contribution in [2.45, 2.75) is 19.0 Å². The number of aliphatic hydroxyl groups excluding tert-OH is 1. The highest BCUT2D eigenvalue weighted by Gasteiger charge is 2.38. The van der Waals surface area contributed by atoms with Crippen molar-refractivity contribution in [1.82, 2.24) is 29.0 Å². The Balaban J connectivity index is 1.45. The van der Waals surface area contributed by atoms with Gasteiger partial charge >= 0.3 is 6.18 Å². The second-order valence-electron chi connectivity index (χ2n) is 8.35. The summed E-state index contributed by atoms with van der Waals surface area (Å²) in [5, 5.41) is 32.2. The van der Waals surface area contributed by atoms with E-state index in [1.165, 1.54) is 41.2 Å². The SMILES string of the molecule is O=C(c1ccc(Oc2nccn3c(-c4cn(CC(O)O)nc4C(F)(F)F)cnc23)cc1O)N1CCOCC1. The molecule has 0 bridgehead atoms. The monoisotopic (exact) mass is 534 g/mol. The van der Waals surface area contributed by atoms with E-state index in [2.05, 4.69) is 15.1 Å². The van der Waals surface area contributed by atoms with Gasteiger partial charge in [0.2, 0.25) is 5.65 Å². The van der Waals surface area contributed by atoms with Gasteiger partial charge in [-0.25, -0.2) is 9.97 Å². The molecular weight excluding hydrogens is 513 g/mol. The molecule has 1 aliphatic rings. The lowest BCUT2D eigenvalue weighted by Crippen LogP contribution is -2.40. The van der Waals surface area contributed by atoms with Crippen LogP contribution < -0.4 is 4.74 Å². The highest BCUT2D eigenvalue weighted by Crippen LogP contribution is 2.37. The first-order valence-corrected chi connectivity index (χ1v) is 11.3. The third kappa shape index (κ3) is 4.98. The topological polar surface area (TPSA) is 147 Å². The minimum absolute atomic E-state index is 0.00700. The maximum atomic E-state index is 13.7. The number of fused-ring (bicyclic) bond motifs is 1. The molecule has 0 saturated carbocycles. The first kappa shape index (κ1) is 25.4. The number of aromatic nitrogens is 5. The largest absolute Gasteiger partial charge is 0.507 e. The van der Waals surface area contributed by atoms with Gasteiger partial charge in [0.15, 0.2) is 12.0 Å². The molecule has 1 saturated heterocycles. The average molecular weight is 534 g/mol. The van der Waals surface area contributed by atoms with Crippen molar-refractivity contribution in [2.75, 3.05) is 26.3 Å². The number of phenols is 1. The predicted octanol–water partition coefficient (Wildman–Crippen LogP) is 1.89. The van der Waals surface area contributed by atoms with Crippen LogP contribution in [-0.4, -0.2) is 82.9 Å². The minimum Gasteiger partial charge on any atom is -0.507 e. The smallest absolute Gasteiger partial charge is 0.435 e. The molecule has 0 unspecified atom stereocenters. The predicted molar refractivity (Wildman–Crippen MR) is 122 cm³/mol. The number of morpholine rings is 1. The van der Waals surface area contributed by atoms with Crippen LogP contribution >= 0.6 is 0 Å². The van der Waals surface area contributed by atoms with Gasteiger partial charge in [0.1, 0.15) is 11.5 Å². The van der Waals surface area contributed by atoms with E-state index >= 15 is 0 Å². The number of benzene rings is 1. The van der Waals surface area contributed by atoms with Crippen molar-refractivity contribution >= 4 is 11.6 Å². The number of halogens is 3. The Hall–Kier alpha value is -4.21. The van der Waals surface area contributed by atoms with Crippen LogP contribution in [0.4, 0.5) is 13.2 Å². The first-order valence-electron chi connectivity index (χ1n) is 11.3. The number of hydrogen-bond acceptors (Lipinski definition) is 9. The van der Waals surface area contributed by atoms with Crippen LogP contribution in [0, 0.1) is 0 Å². The Morgan fingerprint density at radius 1 is 1.18 bits per heavy atom. The zero-order valence-corrected chi connectivity index (χ0v) is 19.5. The molecule has 5 rings (SSSR count). The Bertz CT molecular complexity index is 1480. The summed E-state index contributed by atoms with van der Waals surface area (Å²) in [4.78, 5) is 22.5. The standard InChI is InChI=1S/C23H21F3N6O6/c24-23(25,26)19-15(11-31(29-19)12-18(34)35)16-10-28-20-21(27-3-4-32(16)20)38-13-1-2-14(17(33)9-13)22(36)30-5-7-37-8-6-30/h1-4,9-11,18,33-35H,5-8,12H2. The lowest BCUT2D eigenvalue weighted by molar-refractivity contribution is -0.141. The summed E-state index contributed by atoms with van der Waals surface area (Å²) in [7, 11) is 0. The van der Waals surface area contributed by atoms with Gasteiger partial charge in [-0.3, -0.25) is 13.9 Å². The summed E-state index contributed by atoms with van der Waals surface area (Å²) < 4.78 is 54.1. The number of carbonyl (C=O) groups is 1. The van der Waals surface area contributed by atoms with E-state index < -0.39 is 24.7 Å². The van der Waals surface area contributed by atoms with Crippen molar-refractivity contribution in [1.29, 1.82) is 0 Å². The normalized spacial score (nSPS) is 14.4. The summed E-state index contributed by atoms with van der Waals surface area (Å²) in [6.07, 6.45) is -1.84. The van der Waals surface area contributed by atoms with Gasteiger partial charge in [-0.05, 0) is 12.1 Å². The molecule has 4 heterocycles. The van der Waals surface area contributed by atoms with Crippen molar-refractivity contribution in [3.05, 3.63) is 54.2 Å². The highest BCUT2D eigenvalue weighted by atomic mass is 19.4. The van der Waals surface area contributed by atoms with Gasteiger partial charge in [-0.2, -0.15) is 18.3 Å². The molecule has 0 radical (unpaired) electrons. The van der Waals surface area contributed by atoms with Crippen LogP contribution in [0.3, 0.4) is 0 Å². The number of ether oxygens (including phenoxy) is 2. The summed E-state index contributed by atoms with van der Waals surface area (Å²) >= 11 is 0. The minimum atomic E-state index is -4.82. The van der Waals surface area contributed by atoms with Crippen molar-refractivity contribution in [3.8, 4) is 28.6 Å². The molecule has 1 aromatic carbocycles. The summed E-state index contributed by atoms with van der Waals surface area (Å²) in [6, 6.07) is 4.09. The van der Waals surface area contributed by atoms with E-state index in [1.807, 2.05) is 0 Å². The van der Waals surface area contributed by atoms with E-state index in [9.17, 15) is 23.1 Å². The number of alkyl halides is 3. The van der Waals surface area contributed by atoms with Gasteiger partial charge in [0, 0.05) is 37.7 Å². The van der Waals surface area contributed by atoms with Crippen molar-refractivity contribution < 1.29 is 42.8 Å². The average Bonchev–Trinajstić information content (AvgIpc) is 3.49. The molecule has 3 N–H and O–H groups in total.